The maximum absolute atomic E-state index is 6.34. The average Bonchev–Trinajstić information content (AvgIpc) is 3.41. The van der Waals surface area contributed by atoms with Crippen LogP contribution in [0, 0.1) is 0 Å². The molecule has 3 heterocycles. The number of ether oxygens (including phenoxy) is 1. The van der Waals surface area contributed by atoms with Gasteiger partial charge in [0.2, 0.25) is 0 Å². The molecule has 27 heavy (non-hydrogen) atoms. The molecule has 0 fully saturated rings. The van der Waals surface area contributed by atoms with Crippen molar-refractivity contribution in [2.45, 2.75) is 12.8 Å². The van der Waals surface area contributed by atoms with Crippen LogP contribution in [0.25, 0.3) is 16.5 Å². The molecule has 0 aliphatic heterocycles. The second-order valence-electron chi connectivity index (χ2n) is 6.01. The molecule has 6 nitrogen and oxygen atoms in total. The van der Waals surface area contributed by atoms with Crippen molar-refractivity contribution in [3.63, 3.8) is 0 Å². The van der Waals surface area contributed by atoms with E-state index in [0.29, 0.717) is 11.6 Å². The van der Waals surface area contributed by atoms with Crippen molar-refractivity contribution in [2.75, 3.05) is 12.8 Å². The summed E-state index contributed by atoms with van der Waals surface area (Å²) >= 11 is 1.59. The maximum Gasteiger partial charge on any atom is 0.173 e. The van der Waals surface area contributed by atoms with Gasteiger partial charge in [0.1, 0.15) is 11.6 Å². The van der Waals surface area contributed by atoms with Gasteiger partial charge in [-0.1, -0.05) is 18.2 Å². The van der Waals surface area contributed by atoms with Gasteiger partial charge in [0, 0.05) is 18.0 Å². The van der Waals surface area contributed by atoms with Crippen LogP contribution in [0.5, 0.6) is 5.75 Å². The Labute approximate surface area is 161 Å². The molecular formula is C20H19N5OS. The summed E-state index contributed by atoms with van der Waals surface area (Å²) in [6.07, 6.45) is 5.15. The molecule has 0 unspecified atom stereocenters. The van der Waals surface area contributed by atoms with Crippen molar-refractivity contribution in [3.05, 3.63) is 71.4 Å². The molecule has 136 valence electrons. The van der Waals surface area contributed by atoms with Crippen LogP contribution in [-0.4, -0.2) is 26.9 Å². The molecule has 0 amide bonds. The highest BCUT2D eigenvalue weighted by Gasteiger charge is 2.16. The molecule has 4 aromatic rings. The van der Waals surface area contributed by atoms with E-state index < -0.39 is 0 Å². The van der Waals surface area contributed by atoms with Crippen LogP contribution in [0.3, 0.4) is 0 Å². The number of benzene rings is 1. The number of nitrogens with two attached hydrogens (primary N) is 1. The van der Waals surface area contributed by atoms with Crippen LogP contribution in [-0.2, 0) is 12.8 Å². The van der Waals surface area contributed by atoms with Crippen molar-refractivity contribution in [3.8, 4) is 22.3 Å². The Kier molecular flexibility index (Phi) is 4.84. The van der Waals surface area contributed by atoms with Crippen LogP contribution in [0.15, 0.2) is 60.2 Å². The van der Waals surface area contributed by atoms with Crippen molar-refractivity contribution in [1.82, 2.24) is 19.7 Å². The minimum atomic E-state index is 0.493. The molecule has 0 saturated heterocycles. The largest absolute Gasteiger partial charge is 0.497 e. The monoisotopic (exact) mass is 377 g/mol. The van der Waals surface area contributed by atoms with Crippen LogP contribution in [0.1, 0.15) is 11.1 Å². The van der Waals surface area contributed by atoms with E-state index in [9.17, 15) is 0 Å². The van der Waals surface area contributed by atoms with E-state index in [1.165, 1.54) is 5.56 Å². The highest BCUT2D eigenvalue weighted by atomic mass is 32.1. The van der Waals surface area contributed by atoms with E-state index in [0.717, 1.165) is 34.8 Å². The Bertz CT molecular complexity index is 1010. The molecule has 0 radical (unpaired) electrons. The number of nitrogen functional groups attached to an aromatic ring is 1. The van der Waals surface area contributed by atoms with Crippen molar-refractivity contribution in [2.24, 2.45) is 0 Å². The van der Waals surface area contributed by atoms with Crippen molar-refractivity contribution in [1.29, 1.82) is 0 Å². The minimum absolute atomic E-state index is 0.493. The molecule has 0 saturated carbocycles. The summed E-state index contributed by atoms with van der Waals surface area (Å²) in [6, 6.07) is 13.9. The smallest absolute Gasteiger partial charge is 0.173 e. The number of aryl methyl sites for hydroxylation is 1. The molecule has 2 N–H and O–H groups in total. The van der Waals surface area contributed by atoms with Gasteiger partial charge in [0.25, 0.3) is 0 Å². The van der Waals surface area contributed by atoms with Gasteiger partial charge in [-0.05, 0) is 48.1 Å². The molecule has 4 rings (SSSR count). The average molecular weight is 377 g/mol. The Morgan fingerprint density at radius 3 is 2.59 bits per heavy atom. The zero-order valence-corrected chi connectivity index (χ0v) is 15.7. The van der Waals surface area contributed by atoms with Gasteiger partial charge >= 0.3 is 0 Å². The quantitative estimate of drug-likeness (QED) is 0.553. The number of rotatable bonds is 6. The summed E-state index contributed by atoms with van der Waals surface area (Å²) < 4.78 is 6.97. The summed E-state index contributed by atoms with van der Waals surface area (Å²) in [5, 5.41) is 6.35. The first-order chi connectivity index (χ1) is 13.2. The molecule has 0 atom stereocenters. The third-order valence-corrected chi connectivity index (χ3v) is 5.17. The van der Waals surface area contributed by atoms with E-state index in [4.69, 9.17) is 15.5 Å². The number of methoxy groups -OCH3 is 1. The maximum atomic E-state index is 6.34. The fourth-order valence-electron chi connectivity index (χ4n) is 2.89. The van der Waals surface area contributed by atoms with E-state index in [2.05, 4.69) is 22.2 Å². The molecule has 0 bridgehead atoms. The Balaban J connectivity index is 1.68. The van der Waals surface area contributed by atoms with Gasteiger partial charge in [0.05, 0.1) is 12.0 Å². The predicted molar refractivity (Wildman–Crippen MR) is 107 cm³/mol. The van der Waals surface area contributed by atoms with E-state index in [1.54, 1.807) is 29.3 Å². The molecule has 1 aromatic carbocycles. The zero-order chi connectivity index (χ0) is 18.6. The number of thiophene rings is 1. The normalized spacial score (nSPS) is 10.9. The molecule has 3 aromatic heterocycles. The number of anilines is 1. The zero-order valence-electron chi connectivity index (χ0n) is 14.9. The second-order valence-corrected chi connectivity index (χ2v) is 6.96. The van der Waals surface area contributed by atoms with Crippen LogP contribution >= 0.6 is 11.3 Å². The summed E-state index contributed by atoms with van der Waals surface area (Å²) in [5.74, 6) is 2.69. The first-order valence-corrected chi connectivity index (χ1v) is 9.46. The lowest BCUT2D eigenvalue weighted by Crippen LogP contribution is -2.11. The number of hydrogen-bond acceptors (Lipinski definition) is 6. The SMILES string of the molecule is COc1ccc(CCc2c(N)nc(-c3cccs3)nc2-n2cccn2)cc1. The second kappa shape index (κ2) is 7.59. The van der Waals surface area contributed by atoms with E-state index in [1.807, 2.05) is 41.9 Å². The lowest BCUT2D eigenvalue weighted by molar-refractivity contribution is 0.414. The first kappa shape index (κ1) is 17.2. The molecule has 7 heteroatoms. The Morgan fingerprint density at radius 1 is 1.07 bits per heavy atom. The van der Waals surface area contributed by atoms with Gasteiger partial charge in [-0.25, -0.2) is 14.6 Å². The lowest BCUT2D eigenvalue weighted by Gasteiger charge is -2.13. The van der Waals surface area contributed by atoms with Crippen LogP contribution in [0.2, 0.25) is 0 Å². The Hall–Kier alpha value is -3.19. The fourth-order valence-corrected chi connectivity index (χ4v) is 3.55. The number of nitrogens with zero attached hydrogens (tertiary/aromatic N) is 4. The van der Waals surface area contributed by atoms with Crippen LogP contribution < -0.4 is 10.5 Å². The van der Waals surface area contributed by atoms with Gasteiger partial charge in [-0.2, -0.15) is 5.10 Å². The van der Waals surface area contributed by atoms with Gasteiger partial charge in [0.15, 0.2) is 11.6 Å². The van der Waals surface area contributed by atoms with Gasteiger partial charge in [-0.15, -0.1) is 11.3 Å². The summed E-state index contributed by atoms with van der Waals surface area (Å²) in [7, 11) is 1.67. The number of aromatic nitrogens is 4. The van der Waals surface area contributed by atoms with Crippen molar-refractivity contribution < 1.29 is 4.74 Å². The summed E-state index contributed by atoms with van der Waals surface area (Å²) in [5.41, 5.74) is 8.43. The molecule has 0 aliphatic carbocycles. The Morgan fingerprint density at radius 2 is 1.93 bits per heavy atom. The lowest BCUT2D eigenvalue weighted by atomic mass is 10.0. The number of hydrogen-bond donors (Lipinski definition) is 1. The minimum Gasteiger partial charge on any atom is -0.497 e. The van der Waals surface area contributed by atoms with Gasteiger partial charge in [-0.3, -0.25) is 0 Å². The standard InChI is InChI=1S/C20H19N5OS/c1-26-15-8-5-14(6-9-15)7-10-16-18(21)23-19(17-4-2-13-27-17)24-20(16)25-12-3-11-22-25/h2-6,8-9,11-13H,7,10H2,1H3,(H2,21,23,24). The summed E-state index contributed by atoms with van der Waals surface area (Å²) in [6.45, 7) is 0. The third kappa shape index (κ3) is 3.68. The topological polar surface area (TPSA) is 78.9 Å². The van der Waals surface area contributed by atoms with E-state index >= 15 is 0 Å². The first-order valence-electron chi connectivity index (χ1n) is 8.58. The van der Waals surface area contributed by atoms with Crippen molar-refractivity contribution >= 4 is 17.2 Å². The van der Waals surface area contributed by atoms with E-state index in [-0.39, 0.29) is 0 Å². The van der Waals surface area contributed by atoms with Crippen LogP contribution in [0.4, 0.5) is 5.82 Å². The predicted octanol–water partition coefficient (Wildman–Crippen LogP) is 3.77. The molecular weight excluding hydrogens is 358 g/mol. The highest BCUT2D eigenvalue weighted by Crippen LogP contribution is 2.27. The van der Waals surface area contributed by atoms with Gasteiger partial charge < -0.3 is 10.5 Å². The summed E-state index contributed by atoms with van der Waals surface area (Å²) in [4.78, 5) is 10.3. The fraction of sp³-hybridized carbons (Fsp3) is 0.150. The molecule has 0 aliphatic rings. The highest BCUT2D eigenvalue weighted by molar-refractivity contribution is 7.13. The third-order valence-electron chi connectivity index (χ3n) is 4.30. The molecule has 0 spiro atoms.